The van der Waals surface area contributed by atoms with Crippen LogP contribution >= 0.6 is 0 Å². The first-order chi connectivity index (χ1) is 14.1. The molecular formula is C27H46O2. The maximum absolute atomic E-state index is 10.9. The van der Waals surface area contributed by atoms with Crippen LogP contribution in [0.2, 0.25) is 0 Å². The summed E-state index contributed by atoms with van der Waals surface area (Å²) >= 11 is 0. The second-order valence-electron chi connectivity index (χ2n) is 8.07. The van der Waals surface area contributed by atoms with Gasteiger partial charge in [0.1, 0.15) is 0 Å². The summed E-state index contributed by atoms with van der Waals surface area (Å²) in [6.45, 7) is 6.47. The molecule has 0 bridgehead atoms. The maximum atomic E-state index is 10.9. The van der Waals surface area contributed by atoms with Crippen molar-refractivity contribution in [1.82, 2.24) is 0 Å². The van der Waals surface area contributed by atoms with E-state index in [-0.39, 0.29) is 5.97 Å². The van der Waals surface area contributed by atoms with E-state index < -0.39 is 0 Å². The average Bonchev–Trinajstić information content (AvgIpc) is 2.71. The van der Waals surface area contributed by atoms with Gasteiger partial charge in [0.25, 0.3) is 0 Å². The Labute approximate surface area is 181 Å². The molecule has 0 aromatic heterocycles. The second kappa shape index (κ2) is 21.1. The number of methoxy groups -OCH3 is 1. The minimum atomic E-state index is -0.0763. The molecule has 0 heterocycles. The summed E-state index contributed by atoms with van der Waals surface area (Å²) < 4.78 is 4.62. The predicted octanol–water partition coefficient (Wildman–Crippen LogP) is 8.50. The summed E-state index contributed by atoms with van der Waals surface area (Å²) in [5.41, 5.74) is 2.68. The normalized spacial score (nSPS) is 10.6. The Balaban J connectivity index is 0.000000807. The monoisotopic (exact) mass is 402 g/mol. The first-order valence-corrected chi connectivity index (χ1v) is 11.8. The van der Waals surface area contributed by atoms with Crippen LogP contribution in [0.15, 0.2) is 36.4 Å². The van der Waals surface area contributed by atoms with E-state index in [0.717, 1.165) is 12.8 Å². The third-order valence-electron chi connectivity index (χ3n) is 5.04. The van der Waals surface area contributed by atoms with Crippen LogP contribution in [0.1, 0.15) is 108 Å². The molecule has 0 N–H and O–H groups in total. The maximum Gasteiger partial charge on any atom is 0.305 e. The average molecular weight is 403 g/mol. The number of aryl methyl sites for hydroxylation is 2. The molecular weight excluding hydrogens is 356 g/mol. The number of esters is 1. The van der Waals surface area contributed by atoms with E-state index >= 15 is 0 Å². The van der Waals surface area contributed by atoms with Gasteiger partial charge in [0.15, 0.2) is 0 Å². The molecule has 0 fully saturated rings. The second-order valence-corrected chi connectivity index (χ2v) is 8.07. The van der Waals surface area contributed by atoms with Gasteiger partial charge in [0.05, 0.1) is 7.11 Å². The number of carbonyl (C=O) groups excluding carboxylic acids is 1. The summed E-state index contributed by atoms with van der Waals surface area (Å²) in [6.07, 6.45) is 22.0. The number of carbonyl (C=O) groups is 1. The van der Waals surface area contributed by atoms with Gasteiger partial charge in [-0.05, 0) is 46.0 Å². The zero-order valence-corrected chi connectivity index (χ0v) is 19.7. The molecule has 0 saturated carbocycles. The Bertz CT molecular complexity index is 502. The molecule has 0 atom stereocenters. The van der Waals surface area contributed by atoms with Gasteiger partial charge in [-0.25, -0.2) is 0 Å². The molecule has 0 radical (unpaired) electrons. The fraction of sp³-hybridized carbons (Fsp3) is 0.667. The molecule has 29 heavy (non-hydrogen) atoms. The number of hydrogen-bond donors (Lipinski definition) is 0. The van der Waals surface area contributed by atoms with Crippen LogP contribution in [0.5, 0.6) is 0 Å². The highest BCUT2D eigenvalue weighted by Crippen LogP contribution is 2.10. The topological polar surface area (TPSA) is 26.3 Å². The van der Waals surface area contributed by atoms with E-state index in [1.807, 2.05) is 0 Å². The lowest BCUT2D eigenvalue weighted by Gasteiger charge is -2.00. The van der Waals surface area contributed by atoms with Gasteiger partial charge in [-0.15, -0.1) is 0 Å². The highest BCUT2D eigenvalue weighted by Gasteiger charge is 1.98. The van der Waals surface area contributed by atoms with Crippen molar-refractivity contribution in [3.05, 3.63) is 47.5 Å². The lowest BCUT2D eigenvalue weighted by Crippen LogP contribution is -1.98. The molecule has 1 rings (SSSR count). The molecule has 0 spiro atoms. The van der Waals surface area contributed by atoms with Crippen molar-refractivity contribution < 1.29 is 9.53 Å². The van der Waals surface area contributed by atoms with Crippen LogP contribution in [0.25, 0.3) is 0 Å². The fourth-order valence-electron chi connectivity index (χ4n) is 3.25. The zero-order chi connectivity index (χ0) is 21.6. The van der Waals surface area contributed by atoms with Crippen molar-refractivity contribution >= 4 is 5.97 Å². The van der Waals surface area contributed by atoms with Crippen molar-refractivity contribution in [2.24, 2.45) is 0 Å². The first kappa shape index (κ1) is 27.4. The van der Waals surface area contributed by atoms with Crippen LogP contribution in [-0.2, 0) is 9.53 Å². The van der Waals surface area contributed by atoms with Crippen molar-refractivity contribution in [2.45, 2.75) is 111 Å². The van der Waals surface area contributed by atoms with E-state index in [1.54, 1.807) is 0 Å². The fourth-order valence-corrected chi connectivity index (χ4v) is 3.25. The molecule has 2 heteroatoms. The zero-order valence-electron chi connectivity index (χ0n) is 19.7. The van der Waals surface area contributed by atoms with Gasteiger partial charge in [0.2, 0.25) is 0 Å². The number of ether oxygens (including phenoxy) is 1. The minimum Gasteiger partial charge on any atom is -0.469 e. The van der Waals surface area contributed by atoms with E-state index in [4.69, 9.17) is 0 Å². The molecule has 0 saturated heterocycles. The number of benzene rings is 1. The predicted molar refractivity (Wildman–Crippen MR) is 127 cm³/mol. The van der Waals surface area contributed by atoms with Crippen LogP contribution in [0, 0.1) is 13.8 Å². The highest BCUT2D eigenvalue weighted by atomic mass is 16.5. The highest BCUT2D eigenvalue weighted by molar-refractivity contribution is 5.68. The Kier molecular flexibility index (Phi) is 20.0. The minimum absolute atomic E-state index is 0.0763. The van der Waals surface area contributed by atoms with Gasteiger partial charge in [0, 0.05) is 6.42 Å². The lowest BCUT2D eigenvalue weighted by molar-refractivity contribution is -0.140. The molecule has 166 valence electrons. The van der Waals surface area contributed by atoms with Crippen molar-refractivity contribution in [2.75, 3.05) is 7.11 Å². The van der Waals surface area contributed by atoms with E-state index in [1.165, 1.54) is 88.9 Å². The number of rotatable bonds is 15. The standard InChI is InChI=1S/C19H36O2.C8H10/c1-3-4-5-6-7-8-9-10-11-12-13-14-15-16-17-18-19(20)21-2;1-7-4-3-5-8(2)6-7/h10-11H,3-9,12-18H2,1-2H3;3-6H,1-2H3/b11-10-;. The molecule has 0 aliphatic heterocycles. The number of allylic oxidation sites excluding steroid dienone is 2. The Morgan fingerprint density at radius 2 is 1.28 bits per heavy atom. The summed E-state index contributed by atoms with van der Waals surface area (Å²) in [4.78, 5) is 10.9. The van der Waals surface area contributed by atoms with Gasteiger partial charge in [-0.3, -0.25) is 4.79 Å². The van der Waals surface area contributed by atoms with Crippen LogP contribution < -0.4 is 0 Å². The van der Waals surface area contributed by atoms with E-state index in [0.29, 0.717) is 6.42 Å². The molecule has 0 aliphatic carbocycles. The Morgan fingerprint density at radius 1 is 0.793 bits per heavy atom. The quantitative estimate of drug-likeness (QED) is 0.167. The van der Waals surface area contributed by atoms with Gasteiger partial charge >= 0.3 is 5.97 Å². The third-order valence-corrected chi connectivity index (χ3v) is 5.04. The molecule has 0 unspecified atom stereocenters. The van der Waals surface area contributed by atoms with Crippen LogP contribution in [-0.4, -0.2) is 13.1 Å². The Morgan fingerprint density at radius 3 is 1.72 bits per heavy atom. The summed E-state index contributed by atoms with van der Waals surface area (Å²) in [5, 5.41) is 0. The van der Waals surface area contributed by atoms with Crippen LogP contribution in [0.3, 0.4) is 0 Å². The smallest absolute Gasteiger partial charge is 0.305 e. The van der Waals surface area contributed by atoms with E-state index in [9.17, 15) is 4.79 Å². The SMILES string of the molecule is CCCCCCCC/C=C\CCCCCCCC(=O)OC.Cc1cccc(C)c1. The van der Waals surface area contributed by atoms with Crippen molar-refractivity contribution in [1.29, 1.82) is 0 Å². The molecule has 2 nitrogen and oxygen atoms in total. The van der Waals surface area contributed by atoms with Gasteiger partial charge in [-0.1, -0.05) is 106 Å². The van der Waals surface area contributed by atoms with Crippen molar-refractivity contribution in [3.63, 3.8) is 0 Å². The lowest BCUT2D eigenvalue weighted by atomic mass is 10.1. The number of hydrogen-bond acceptors (Lipinski definition) is 2. The Hall–Kier alpha value is -1.57. The number of unbranched alkanes of at least 4 members (excludes halogenated alkanes) is 11. The molecule has 1 aromatic rings. The summed E-state index contributed by atoms with van der Waals surface area (Å²) in [7, 11) is 1.46. The summed E-state index contributed by atoms with van der Waals surface area (Å²) in [6, 6.07) is 8.45. The molecule has 0 amide bonds. The van der Waals surface area contributed by atoms with Gasteiger partial charge in [-0.2, -0.15) is 0 Å². The largest absolute Gasteiger partial charge is 0.469 e. The van der Waals surface area contributed by atoms with Gasteiger partial charge < -0.3 is 4.74 Å². The molecule has 0 aliphatic rings. The third kappa shape index (κ3) is 21.0. The van der Waals surface area contributed by atoms with Crippen LogP contribution in [0.4, 0.5) is 0 Å². The first-order valence-electron chi connectivity index (χ1n) is 11.8. The van der Waals surface area contributed by atoms with Crippen molar-refractivity contribution in [3.8, 4) is 0 Å². The summed E-state index contributed by atoms with van der Waals surface area (Å²) in [5.74, 6) is -0.0763. The molecule has 1 aromatic carbocycles. The van der Waals surface area contributed by atoms with E-state index in [2.05, 4.69) is 61.9 Å².